The summed E-state index contributed by atoms with van der Waals surface area (Å²) in [5, 5.41) is 0.296. The summed E-state index contributed by atoms with van der Waals surface area (Å²) in [5.74, 6) is 3.00. The second-order valence-electron chi connectivity index (χ2n) is 8.16. The minimum atomic E-state index is -0.795. The Morgan fingerprint density at radius 3 is 1.59 bits per heavy atom. The molecule has 0 aliphatic carbocycles. The number of rotatable bonds is 14. The molecular weight excluding hydrogens is 395 g/mol. The molecule has 0 aliphatic heterocycles. The minimum absolute atomic E-state index is 0.128. The van der Waals surface area contributed by atoms with Crippen molar-refractivity contribution in [2.75, 3.05) is 23.9 Å². The summed E-state index contributed by atoms with van der Waals surface area (Å²) in [6.07, 6.45) is 0. The van der Waals surface area contributed by atoms with Gasteiger partial charge >= 0.3 is 0 Å². The molecule has 0 saturated carbocycles. The van der Waals surface area contributed by atoms with E-state index < -0.39 is 8.45 Å². The quantitative estimate of drug-likeness (QED) is 0.240. The Morgan fingerprint density at radius 2 is 1.22 bits per heavy atom. The van der Waals surface area contributed by atoms with Crippen molar-refractivity contribution in [3.05, 3.63) is 0 Å². The van der Waals surface area contributed by atoms with Gasteiger partial charge in [0.1, 0.15) is 0 Å². The van der Waals surface area contributed by atoms with E-state index in [1.165, 1.54) is 11.8 Å². The minimum Gasteiger partial charge on any atom is -0.330 e. The van der Waals surface area contributed by atoms with Crippen LogP contribution in [-0.2, 0) is 9.32 Å². The van der Waals surface area contributed by atoms with Crippen molar-refractivity contribution in [2.24, 2.45) is 5.92 Å². The van der Waals surface area contributed by atoms with Crippen LogP contribution < -0.4 is 0 Å². The molecule has 0 radical (unpaired) electrons. The first kappa shape index (κ1) is 27.7. The Labute approximate surface area is 178 Å². The number of hydrogen-bond acceptors (Lipinski definition) is 6. The standard InChI is InChI=1S/C20H43N2O2PS2/c1-15(2)20(23)27-14-13-26-12-11-24-25(21(16(3)4)17(5)6)22(18(7)8)19(9)10/h15-19H,11-14H2,1-10H3. The van der Waals surface area contributed by atoms with E-state index in [4.69, 9.17) is 4.52 Å². The molecule has 0 aromatic carbocycles. The highest BCUT2D eigenvalue weighted by atomic mass is 32.2. The fourth-order valence-electron chi connectivity index (χ4n) is 2.88. The molecule has 0 fully saturated rings. The Kier molecular flexibility index (Phi) is 15.0. The lowest BCUT2D eigenvalue weighted by Gasteiger charge is -2.45. The van der Waals surface area contributed by atoms with Crippen molar-refractivity contribution < 1.29 is 9.32 Å². The fraction of sp³-hybridized carbons (Fsp3) is 0.950. The molecule has 0 spiro atoms. The average molecular weight is 439 g/mol. The summed E-state index contributed by atoms with van der Waals surface area (Å²) < 4.78 is 11.5. The molecule has 0 bridgehead atoms. The molecule has 0 N–H and O–H groups in total. The number of carbonyl (C=O) groups excluding carboxylic acids is 1. The molecule has 0 aromatic heterocycles. The van der Waals surface area contributed by atoms with E-state index in [9.17, 15) is 4.79 Å². The van der Waals surface area contributed by atoms with Crippen LogP contribution in [0.2, 0.25) is 0 Å². The van der Waals surface area contributed by atoms with Gasteiger partial charge in [-0.1, -0.05) is 25.6 Å². The van der Waals surface area contributed by atoms with Crippen molar-refractivity contribution >= 4 is 37.1 Å². The van der Waals surface area contributed by atoms with Crippen LogP contribution in [0.3, 0.4) is 0 Å². The van der Waals surface area contributed by atoms with E-state index in [1.54, 1.807) is 0 Å². The number of thioether (sulfide) groups is 2. The lowest BCUT2D eigenvalue weighted by molar-refractivity contribution is -0.113. The predicted octanol–water partition coefficient (Wildman–Crippen LogP) is 6.12. The molecule has 0 unspecified atom stereocenters. The molecule has 162 valence electrons. The molecular formula is C20H43N2O2PS2. The number of carbonyl (C=O) groups is 1. The molecule has 0 rings (SSSR count). The van der Waals surface area contributed by atoms with Crippen LogP contribution in [-0.4, -0.2) is 62.5 Å². The van der Waals surface area contributed by atoms with Crippen LogP contribution in [0.1, 0.15) is 69.2 Å². The topological polar surface area (TPSA) is 32.8 Å². The highest BCUT2D eigenvalue weighted by molar-refractivity contribution is 8.14. The fourth-order valence-corrected chi connectivity index (χ4v) is 7.09. The average Bonchev–Trinajstić information content (AvgIpc) is 2.51. The van der Waals surface area contributed by atoms with Crippen molar-refractivity contribution in [3.63, 3.8) is 0 Å². The second kappa shape index (κ2) is 14.6. The van der Waals surface area contributed by atoms with Crippen molar-refractivity contribution in [2.45, 2.75) is 93.4 Å². The van der Waals surface area contributed by atoms with Crippen LogP contribution in [0.4, 0.5) is 0 Å². The summed E-state index contributed by atoms with van der Waals surface area (Å²) in [6, 6.07) is 1.79. The molecule has 0 aromatic rings. The van der Waals surface area contributed by atoms with E-state index in [2.05, 4.69) is 64.7 Å². The summed E-state index contributed by atoms with van der Waals surface area (Å²) in [7, 11) is -0.795. The van der Waals surface area contributed by atoms with Crippen LogP contribution in [0.5, 0.6) is 0 Å². The van der Waals surface area contributed by atoms with Crippen molar-refractivity contribution in [1.29, 1.82) is 0 Å². The maximum Gasteiger partial charge on any atom is 0.191 e. The first-order chi connectivity index (χ1) is 12.5. The maximum atomic E-state index is 11.6. The van der Waals surface area contributed by atoms with E-state index in [1.807, 2.05) is 25.6 Å². The van der Waals surface area contributed by atoms with E-state index >= 15 is 0 Å². The molecule has 0 aliphatic rings. The third-order valence-electron chi connectivity index (χ3n) is 3.89. The summed E-state index contributed by atoms with van der Waals surface area (Å²) >= 11 is 3.34. The zero-order valence-electron chi connectivity index (χ0n) is 19.2. The zero-order chi connectivity index (χ0) is 21.1. The van der Waals surface area contributed by atoms with Gasteiger partial charge in [-0.15, -0.1) is 0 Å². The first-order valence-electron chi connectivity index (χ1n) is 10.2. The monoisotopic (exact) mass is 438 g/mol. The SMILES string of the molecule is CC(C)C(=O)SCCSCCOP(N(C(C)C)C(C)C)N(C(C)C)C(C)C. The molecule has 7 heteroatoms. The molecule has 0 atom stereocenters. The lowest BCUT2D eigenvalue weighted by Crippen LogP contribution is -2.43. The van der Waals surface area contributed by atoms with Gasteiger partial charge in [0.05, 0.1) is 6.61 Å². The Balaban J connectivity index is 4.67. The van der Waals surface area contributed by atoms with Gasteiger partial charge in [0.15, 0.2) is 13.6 Å². The third-order valence-corrected chi connectivity index (χ3v) is 9.31. The van der Waals surface area contributed by atoms with Gasteiger partial charge in [-0.05, 0) is 55.4 Å². The number of nitrogens with zero attached hydrogens (tertiary/aromatic N) is 2. The van der Waals surface area contributed by atoms with Crippen LogP contribution in [0.25, 0.3) is 0 Å². The van der Waals surface area contributed by atoms with Gasteiger partial charge < -0.3 is 4.52 Å². The summed E-state index contributed by atoms with van der Waals surface area (Å²) in [6.45, 7) is 22.8. The number of hydrogen-bond donors (Lipinski definition) is 0. The van der Waals surface area contributed by atoms with Crippen molar-refractivity contribution in [3.8, 4) is 0 Å². The first-order valence-corrected chi connectivity index (χ1v) is 13.5. The van der Waals surface area contributed by atoms with Gasteiger partial charge in [0, 0.05) is 47.3 Å². The zero-order valence-corrected chi connectivity index (χ0v) is 21.7. The van der Waals surface area contributed by atoms with Crippen molar-refractivity contribution in [1.82, 2.24) is 9.34 Å². The Bertz CT molecular complexity index is 371. The molecule has 0 saturated heterocycles. The summed E-state index contributed by atoms with van der Waals surface area (Å²) in [4.78, 5) is 11.6. The predicted molar refractivity (Wildman–Crippen MR) is 127 cm³/mol. The van der Waals surface area contributed by atoms with E-state index in [0.717, 1.165) is 23.9 Å². The van der Waals surface area contributed by atoms with Gasteiger partial charge in [-0.3, -0.25) is 4.79 Å². The molecule has 4 nitrogen and oxygen atoms in total. The van der Waals surface area contributed by atoms with Gasteiger partial charge in [0.2, 0.25) is 0 Å². The second-order valence-corrected chi connectivity index (χ2v) is 12.2. The Hall–Kier alpha value is 0.680. The normalized spacial score (nSPS) is 13.0. The van der Waals surface area contributed by atoms with Crippen LogP contribution in [0, 0.1) is 5.92 Å². The Morgan fingerprint density at radius 1 is 0.778 bits per heavy atom. The smallest absolute Gasteiger partial charge is 0.191 e. The van der Waals surface area contributed by atoms with Gasteiger partial charge in [-0.25, -0.2) is 9.34 Å². The van der Waals surface area contributed by atoms with Gasteiger partial charge in [0.25, 0.3) is 0 Å². The lowest BCUT2D eigenvalue weighted by atomic mass is 10.3. The highest BCUT2D eigenvalue weighted by Crippen LogP contribution is 2.50. The molecule has 0 heterocycles. The van der Waals surface area contributed by atoms with E-state index in [0.29, 0.717) is 29.3 Å². The van der Waals surface area contributed by atoms with Crippen LogP contribution in [0.15, 0.2) is 0 Å². The maximum absolute atomic E-state index is 11.6. The van der Waals surface area contributed by atoms with E-state index in [-0.39, 0.29) is 5.92 Å². The van der Waals surface area contributed by atoms with Crippen LogP contribution >= 0.6 is 32.0 Å². The van der Waals surface area contributed by atoms with Gasteiger partial charge in [-0.2, -0.15) is 11.8 Å². The molecule has 27 heavy (non-hydrogen) atoms. The highest BCUT2D eigenvalue weighted by Gasteiger charge is 2.34. The largest absolute Gasteiger partial charge is 0.330 e. The third kappa shape index (κ3) is 10.9. The molecule has 0 amide bonds. The summed E-state index contributed by atoms with van der Waals surface area (Å²) in [5.41, 5.74) is 0.